The molecule has 0 saturated carbocycles. The standard InChI is InChI=1S/C9H13NO2S2/c1-3-4-7(8(11)12)14-9-10-6(2)5-13-9/h5,7H,3-4H2,1-2H3,(H,11,12). The highest BCUT2D eigenvalue weighted by atomic mass is 32.2. The van der Waals surface area contributed by atoms with E-state index in [0.29, 0.717) is 6.42 Å². The molecule has 0 amide bonds. The summed E-state index contributed by atoms with van der Waals surface area (Å²) in [6.45, 7) is 3.90. The molecule has 3 nitrogen and oxygen atoms in total. The normalized spacial score (nSPS) is 12.7. The van der Waals surface area contributed by atoms with E-state index < -0.39 is 5.97 Å². The van der Waals surface area contributed by atoms with Gasteiger partial charge in [0.15, 0.2) is 4.34 Å². The van der Waals surface area contributed by atoms with Gasteiger partial charge in [-0.1, -0.05) is 25.1 Å². The van der Waals surface area contributed by atoms with Gasteiger partial charge in [-0.25, -0.2) is 4.98 Å². The average Bonchev–Trinajstić information content (AvgIpc) is 2.50. The first-order chi connectivity index (χ1) is 6.63. The molecule has 0 aliphatic rings. The number of thioether (sulfide) groups is 1. The Morgan fingerprint density at radius 2 is 2.50 bits per heavy atom. The first kappa shape index (κ1) is 11.5. The number of aromatic nitrogens is 1. The molecule has 0 aromatic carbocycles. The first-order valence-electron chi connectivity index (χ1n) is 4.45. The summed E-state index contributed by atoms with van der Waals surface area (Å²) < 4.78 is 0.850. The van der Waals surface area contributed by atoms with Crippen LogP contribution < -0.4 is 0 Å². The van der Waals surface area contributed by atoms with Crippen LogP contribution in [-0.4, -0.2) is 21.3 Å². The van der Waals surface area contributed by atoms with Gasteiger partial charge < -0.3 is 5.11 Å². The summed E-state index contributed by atoms with van der Waals surface area (Å²) in [5.41, 5.74) is 0.957. The van der Waals surface area contributed by atoms with Crippen molar-refractivity contribution in [3.63, 3.8) is 0 Å². The minimum absolute atomic E-state index is 0.356. The van der Waals surface area contributed by atoms with E-state index in [1.807, 2.05) is 19.2 Å². The van der Waals surface area contributed by atoms with E-state index in [0.717, 1.165) is 16.5 Å². The van der Waals surface area contributed by atoms with Gasteiger partial charge in [-0.05, 0) is 13.3 Å². The van der Waals surface area contributed by atoms with Crippen molar-refractivity contribution < 1.29 is 9.90 Å². The Morgan fingerprint density at radius 3 is 2.93 bits per heavy atom. The smallest absolute Gasteiger partial charge is 0.317 e. The molecular formula is C9H13NO2S2. The number of aryl methyl sites for hydroxylation is 1. The summed E-state index contributed by atoms with van der Waals surface area (Å²) in [5, 5.41) is 10.5. The zero-order valence-corrected chi connectivity index (χ0v) is 9.82. The van der Waals surface area contributed by atoms with Crippen LogP contribution in [0.1, 0.15) is 25.5 Å². The van der Waals surface area contributed by atoms with Gasteiger partial charge >= 0.3 is 5.97 Å². The third-order valence-corrected chi connectivity index (χ3v) is 4.01. The molecule has 1 aromatic heterocycles. The lowest BCUT2D eigenvalue weighted by Crippen LogP contribution is -2.15. The SMILES string of the molecule is CCCC(Sc1nc(C)cs1)C(=O)O. The Balaban J connectivity index is 2.59. The van der Waals surface area contributed by atoms with E-state index in [-0.39, 0.29) is 5.25 Å². The fraction of sp³-hybridized carbons (Fsp3) is 0.556. The Morgan fingerprint density at radius 1 is 1.79 bits per heavy atom. The van der Waals surface area contributed by atoms with Crippen molar-refractivity contribution in [3.05, 3.63) is 11.1 Å². The Bertz CT molecular complexity index is 312. The van der Waals surface area contributed by atoms with Crippen LogP contribution in [0.3, 0.4) is 0 Å². The maximum Gasteiger partial charge on any atom is 0.317 e. The summed E-state index contributed by atoms with van der Waals surface area (Å²) >= 11 is 2.86. The molecule has 0 aliphatic heterocycles. The minimum atomic E-state index is -0.746. The van der Waals surface area contributed by atoms with E-state index in [1.54, 1.807) is 0 Å². The van der Waals surface area contributed by atoms with Crippen LogP contribution in [-0.2, 0) is 4.79 Å². The number of rotatable bonds is 5. The van der Waals surface area contributed by atoms with Crippen LogP contribution in [0.2, 0.25) is 0 Å². The molecule has 1 rings (SSSR count). The molecule has 0 bridgehead atoms. The average molecular weight is 231 g/mol. The van der Waals surface area contributed by atoms with Crippen LogP contribution in [0.15, 0.2) is 9.72 Å². The van der Waals surface area contributed by atoms with Gasteiger partial charge in [0.05, 0.1) is 0 Å². The van der Waals surface area contributed by atoms with E-state index in [4.69, 9.17) is 5.11 Å². The van der Waals surface area contributed by atoms with Crippen LogP contribution in [0.25, 0.3) is 0 Å². The number of nitrogens with zero attached hydrogens (tertiary/aromatic N) is 1. The highest BCUT2D eigenvalue weighted by Crippen LogP contribution is 2.29. The van der Waals surface area contributed by atoms with Crippen LogP contribution in [0.5, 0.6) is 0 Å². The molecule has 0 aliphatic carbocycles. The zero-order valence-electron chi connectivity index (χ0n) is 8.19. The largest absolute Gasteiger partial charge is 0.480 e. The number of carbonyl (C=O) groups is 1. The van der Waals surface area contributed by atoms with Gasteiger partial charge in [0, 0.05) is 11.1 Å². The molecule has 0 fully saturated rings. The van der Waals surface area contributed by atoms with Crippen molar-refractivity contribution in [2.24, 2.45) is 0 Å². The van der Waals surface area contributed by atoms with E-state index in [2.05, 4.69) is 4.98 Å². The molecule has 1 N–H and O–H groups in total. The van der Waals surface area contributed by atoms with Crippen molar-refractivity contribution in [2.75, 3.05) is 0 Å². The van der Waals surface area contributed by atoms with Crippen molar-refractivity contribution in [1.29, 1.82) is 0 Å². The lowest BCUT2D eigenvalue weighted by Gasteiger charge is -2.07. The zero-order chi connectivity index (χ0) is 10.6. The fourth-order valence-electron chi connectivity index (χ4n) is 1.00. The molecule has 78 valence electrons. The highest BCUT2D eigenvalue weighted by Gasteiger charge is 2.19. The summed E-state index contributed by atoms with van der Waals surface area (Å²) in [7, 11) is 0. The number of thiazole rings is 1. The van der Waals surface area contributed by atoms with Crippen LogP contribution in [0, 0.1) is 6.92 Å². The van der Waals surface area contributed by atoms with Crippen molar-refractivity contribution in [2.45, 2.75) is 36.3 Å². The third-order valence-electron chi connectivity index (χ3n) is 1.67. The van der Waals surface area contributed by atoms with Gasteiger partial charge in [0.1, 0.15) is 5.25 Å². The number of hydrogen-bond acceptors (Lipinski definition) is 4. The number of aliphatic carboxylic acids is 1. The van der Waals surface area contributed by atoms with Crippen molar-refractivity contribution >= 4 is 29.1 Å². The Kier molecular flexibility index (Phi) is 4.41. The number of carboxylic acids is 1. The summed E-state index contributed by atoms with van der Waals surface area (Å²) in [6, 6.07) is 0. The predicted octanol–water partition coefficient (Wildman–Crippen LogP) is 2.80. The second kappa shape index (κ2) is 5.36. The summed E-state index contributed by atoms with van der Waals surface area (Å²) in [5.74, 6) is -0.746. The van der Waals surface area contributed by atoms with E-state index in [1.165, 1.54) is 23.1 Å². The van der Waals surface area contributed by atoms with Crippen molar-refractivity contribution in [3.8, 4) is 0 Å². The molecule has 1 unspecified atom stereocenters. The molecule has 1 atom stereocenters. The second-order valence-corrected chi connectivity index (χ2v) is 5.30. The van der Waals surface area contributed by atoms with Gasteiger partial charge in [-0.15, -0.1) is 11.3 Å². The Hall–Kier alpha value is -0.550. The van der Waals surface area contributed by atoms with Gasteiger partial charge in [0.2, 0.25) is 0 Å². The van der Waals surface area contributed by atoms with E-state index >= 15 is 0 Å². The molecule has 1 heterocycles. The lowest BCUT2D eigenvalue weighted by molar-refractivity contribution is -0.136. The second-order valence-electron chi connectivity index (χ2n) is 2.99. The molecule has 5 heteroatoms. The summed E-state index contributed by atoms with van der Waals surface area (Å²) in [6.07, 6.45) is 1.58. The third kappa shape index (κ3) is 3.31. The Labute approximate surface area is 91.6 Å². The number of hydrogen-bond donors (Lipinski definition) is 1. The van der Waals surface area contributed by atoms with Gasteiger partial charge in [0.25, 0.3) is 0 Å². The van der Waals surface area contributed by atoms with E-state index in [9.17, 15) is 4.79 Å². The van der Waals surface area contributed by atoms with Gasteiger partial charge in [-0.2, -0.15) is 0 Å². The predicted molar refractivity (Wildman–Crippen MR) is 59.0 cm³/mol. The van der Waals surface area contributed by atoms with Gasteiger partial charge in [-0.3, -0.25) is 4.79 Å². The van der Waals surface area contributed by atoms with Crippen molar-refractivity contribution in [1.82, 2.24) is 4.98 Å². The molecule has 0 saturated heterocycles. The lowest BCUT2D eigenvalue weighted by atomic mass is 10.2. The molecular weight excluding hydrogens is 218 g/mol. The quantitative estimate of drug-likeness (QED) is 0.792. The maximum absolute atomic E-state index is 10.9. The topological polar surface area (TPSA) is 50.2 Å². The fourth-order valence-corrected chi connectivity index (χ4v) is 3.13. The summed E-state index contributed by atoms with van der Waals surface area (Å²) in [4.78, 5) is 15.1. The molecule has 0 spiro atoms. The molecule has 1 aromatic rings. The monoisotopic (exact) mass is 231 g/mol. The molecule has 0 radical (unpaired) electrons. The van der Waals surface area contributed by atoms with Crippen LogP contribution >= 0.6 is 23.1 Å². The maximum atomic E-state index is 10.9. The molecule has 14 heavy (non-hydrogen) atoms. The first-order valence-corrected chi connectivity index (χ1v) is 6.21. The number of carboxylic acid groups (broad SMARTS) is 1. The van der Waals surface area contributed by atoms with Crippen LogP contribution in [0.4, 0.5) is 0 Å². The highest BCUT2D eigenvalue weighted by molar-refractivity contribution is 8.02. The minimum Gasteiger partial charge on any atom is -0.480 e.